The van der Waals surface area contributed by atoms with E-state index in [4.69, 9.17) is 16.6 Å². The first kappa shape index (κ1) is 19.8. The van der Waals surface area contributed by atoms with Gasteiger partial charge in [0.2, 0.25) is 0 Å². The molecule has 31 heavy (non-hydrogen) atoms. The Kier molecular flexibility index (Phi) is 5.21. The first-order chi connectivity index (χ1) is 15.1. The summed E-state index contributed by atoms with van der Waals surface area (Å²) < 4.78 is 13.9. The number of thioether (sulfide) groups is 1. The monoisotopic (exact) mass is 450 g/mol. The largest absolute Gasteiger partial charge is 0.298 e. The van der Waals surface area contributed by atoms with Crippen molar-refractivity contribution in [1.82, 2.24) is 10.3 Å². The van der Waals surface area contributed by atoms with Crippen molar-refractivity contribution >= 4 is 40.1 Å². The summed E-state index contributed by atoms with van der Waals surface area (Å²) in [5.41, 5.74) is 2.07. The maximum absolute atomic E-state index is 13.9. The molecule has 1 amide bonds. The quantitative estimate of drug-likeness (QED) is 0.664. The van der Waals surface area contributed by atoms with Crippen LogP contribution in [0.5, 0.6) is 0 Å². The third-order valence-corrected chi connectivity index (χ3v) is 6.14. The highest BCUT2D eigenvalue weighted by Crippen LogP contribution is 2.31. The minimum atomic E-state index is -0.641. The number of nitrogens with one attached hydrogen (secondary N) is 1. The van der Waals surface area contributed by atoms with E-state index in [0.717, 1.165) is 5.56 Å². The molecule has 0 bridgehead atoms. The zero-order valence-corrected chi connectivity index (χ0v) is 17.7. The highest BCUT2D eigenvalue weighted by Gasteiger charge is 2.34. The number of para-hydroxylation sites is 1. The Bertz CT molecular complexity index is 1330. The number of amidine groups is 1. The number of fused-ring (bicyclic) bond motifs is 2. The lowest BCUT2D eigenvalue weighted by Crippen LogP contribution is -2.50. The van der Waals surface area contributed by atoms with Gasteiger partial charge in [-0.25, -0.2) is 9.40 Å². The summed E-state index contributed by atoms with van der Waals surface area (Å²) in [5, 5.41) is 11.6. The lowest BCUT2D eigenvalue weighted by atomic mass is 10.1. The van der Waals surface area contributed by atoms with Crippen LogP contribution in [0.1, 0.15) is 17.3 Å². The van der Waals surface area contributed by atoms with Gasteiger partial charge in [-0.2, -0.15) is 0 Å². The Balaban J connectivity index is 1.55. The molecule has 154 valence electrons. The number of rotatable bonds is 3. The Hall–Kier alpha value is -3.16. The third-order valence-electron chi connectivity index (χ3n) is 4.95. The first-order valence-corrected chi connectivity index (χ1v) is 10.9. The van der Waals surface area contributed by atoms with Crippen molar-refractivity contribution in [3.63, 3.8) is 0 Å². The molecule has 3 aromatic rings. The van der Waals surface area contributed by atoms with E-state index in [9.17, 15) is 9.18 Å². The fraction of sp³-hybridized carbons (Fsp3) is 0.0870. The molecule has 2 aliphatic heterocycles. The van der Waals surface area contributed by atoms with Crippen LogP contribution >= 0.6 is 23.4 Å². The van der Waals surface area contributed by atoms with Crippen LogP contribution in [-0.4, -0.2) is 16.1 Å². The van der Waals surface area contributed by atoms with Crippen LogP contribution in [0.25, 0.3) is 5.70 Å². The fourth-order valence-electron chi connectivity index (χ4n) is 3.51. The van der Waals surface area contributed by atoms with Gasteiger partial charge in [0.25, 0.3) is 5.91 Å². The summed E-state index contributed by atoms with van der Waals surface area (Å²) in [4.78, 5) is 17.8. The molecular weight excluding hydrogens is 435 g/mol. The van der Waals surface area contributed by atoms with Gasteiger partial charge in [-0.1, -0.05) is 65.8 Å². The summed E-state index contributed by atoms with van der Waals surface area (Å²) in [7, 11) is 0. The molecule has 0 fully saturated rings. The number of hydrazone groups is 1. The van der Waals surface area contributed by atoms with Gasteiger partial charge in [0, 0.05) is 21.6 Å². The van der Waals surface area contributed by atoms with Crippen molar-refractivity contribution in [2.24, 2.45) is 10.1 Å². The maximum atomic E-state index is 13.9. The van der Waals surface area contributed by atoms with Gasteiger partial charge < -0.3 is 0 Å². The number of nitrogens with zero attached hydrogens (tertiary/aromatic N) is 3. The molecule has 0 aliphatic carbocycles. The molecule has 1 N–H and O–H groups in total. The molecule has 5 rings (SSSR count). The van der Waals surface area contributed by atoms with Gasteiger partial charge in [0.05, 0.1) is 5.36 Å². The second kappa shape index (κ2) is 8.17. The van der Waals surface area contributed by atoms with Gasteiger partial charge in [-0.15, -0.1) is 5.10 Å². The predicted molar refractivity (Wildman–Crippen MR) is 120 cm³/mol. The molecule has 8 heteroatoms. The van der Waals surface area contributed by atoms with Gasteiger partial charge in [0.15, 0.2) is 11.3 Å². The van der Waals surface area contributed by atoms with E-state index in [1.165, 1.54) is 23.9 Å². The van der Waals surface area contributed by atoms with Crippen LogP contribution in [0.4, 0.5) is 4.39 Å². The second-order valence-electron chi connectivity index (χ2n) is 7.04. The third kappa shape index (κ3) is 3.94. The Morgan fingerprint density at radius 1 is 1.06 bits per heavy atom. The van der Waals surface area contributed by atoms with Gasteiger partial charge in [-0.3, -0.25) is 15.1 Å². The van der Waals surface area contributed by atoms with Crippen LogP contribution in [0.15, 0.2) is 82.9 Å². The summed E-state index contributed by atoms with van der Waals surface area (Å²) in [6, 6.07) is 21.1. The molecule has 0 radical (unpaired) electrons. The van der Waals surface area contributed by atoms with Crippen molar-refractivity contribution < 1.29 is 9.18 Å². The Morgan fingerprint density at radius 2 is 1.87 bits per heavy atom. The SMILES string of the molecule is O=C1NC(SCc2ccc(Cl)cc2)=NN2C1=c1ccccc1=NC2c1cccc(F)c1. The maximum Gasteiger partial charge on any atom is 0.276 e. The van der Waals surface area contributed by atoms with E-state index in [0.29, 0.717) is 37.8 Å². The van der Waals surface area contributed by atoms with Gasteiger partial charge in [0.1, 0.15) is 11.5 Å². The highest BCUT2D eigenvalue weighted by molar-refractivity contribution is 8.13. The summed E-state index contributed by atoms with van der Waals surface area (Å²) in [5.74, 6) is -0.0223. The second-order valence-corrected chi connectivity index (χ2v) is 8.44. The number of carbonyl (C=O) groups is 1. The smallest absolute Gasteiger partial charge is 0.276 e. The number of amides is 1. The number of hydrogen-bond acceptors (Lipinski definition) is 5. The number of benzene rings is 3. The van der Waals surface area contributed by atoms with E-state index in [1.807, 2.05) is 48.5 Å². The highest BCUT2D eigenvalue weighted by atomic mass is 35.5. The molecule has 2 aliphatic rings. The molecule has 2 heterocycles. The average Bonchev–Trinajstić information content (AvgIpc) is 2.78. The molecule has 1 unspecified atom stereocenters. The lowest BCUT2D eigenvalue weighted by Gasteiger charge is -2.34. The topological polar surface area (TPSA) is 57.1 Å². The van der Waals surface area contributed by atoms with Crippen LogP contribution in [0.3, 0.4) is 0 Å². The van der Waals surface area contributed by atoms with Gasteiger partial charge in [-0.05, 0) is 35.9 Å². The molecule has 0 saturated carbocycles. The standard InChI is InChI=1S/C23H16ClFN4OS/c24-16-10-8-14(9-11-16)13-31-23-27-22(30)20-18-6-1-2-7-19(18)26-21(29(20)28-23)15-4-3-5-17(25)12-15/h1-12,21H,13H2,(H,27,28,30). The Labute approximate surface area is 186 Å². The van der Waals surface area contributed by atoms with Gasteiger partial charge >= 0.3 is 0 Å². The van der Waals surface area contributed by atoms with Crippen molar-refractivity contribution in [3.8, 4) is 0 Å². The molecule has 5 nitrogen and oxygen atoms in total. The molecular formula is C23H16ClFN4OS. The minimum Gasteiger partial charge on any atom is -0.298 e. The van der Waals surface area contributed by atoms with Crippen molar-refractivity contribution in [2.75, 3.05) is 0 Å². The normalized spacial score (nSPS) is 17.3. The molecule has 3 aromatic carbocycles. The van der Waals surface area contributed by atoms with Crippen molar-refractivity contribution in [3.05, 3.63) is 105 Å². The zero-order chi connectivity index (χ0) is 21.4. The molecule has 1 atom stereocenters. The van der Waals surface area contributed by atoms with E-state index >= 15 is 0 Å². The lowest BCUT2D eigenvalue weighted by molar-refractivity contribution is -0.116. The van der Waals surface area contributed by atoms with Crippen LogP contribution in [0, 0.1) is 5.82 Å². The number of hydrogen-bond donors (Lipinski definition) is 1. The summed E-state index contributed by atoms with van der Waals surface area (Å²) in [6.45, 7) is 0. The van der Waals surface area contributed by atoms with Crippen LogP contribution in [0.2, 0.25) is 5.02 Å². The van der Waals surface area contributed by atoms with E-state index in [2.05, 4.69) is 10.4 Å². The average molecular weight is 451 g/mol. The number of carbonyl (C=O) groups excluding carboxylic acids is 1. The molecule has 0 saturated heterocycles. The fourth-order valence-corrected chi connectivity index (χ4v) is 4.44. The van der Waals surface area contributed by atoms with Crippen molar-refractivity contribution in [1.29, 1.82) is 0 Å². The van der Waals surface area contributed by atoms with E-state index in [-0.39, 0.29) is 11.7 Å². The minimum absolute atomic E-state index is 0.266. The predicted octanol–water partition coefficient (Wildman–Crippen LogP) is 3.56. The molecule has 0 spiro atoms. The zero-order valence-electron chi connectivity index (χ0n) is 16.1. The van der Waals surface area contributed by atoms with E-state index in [1.54, 1.807) is 17.1 Å². The van der Waals surface area contributed by atoms with Crippen molar-refractivity contribution in [2.45, 2.75) is 11.9 Å². The molecule has 0 aromatic heterocycles. The van der Waals surface area contributed by atoms with E-state index < -0.39 is 6.17 Å². The van der Waals surface area contributed by atoms with Crippen LogP contribution in [-0.2, 0) is 10.5 Å². The Morgan fingerprint density at radius 3 is 2.68 bits per heavy atom. The summed E-state index contributed by atoms with van der Waals surface area (Å²) in [6.07, 6.45) is -0.641. The first-order valence-electron chi connectivity index (χ1n) is 9.57. The number of halogens is 2. The van der Waals surface area contributed by atoms with Crippen LogP contribution < -0.4 is 15.9 Å². The summed E-state index contributed by atoms with van der Waals surface area (Å²) >= 11 is 7.35.